The van der Waals surface area contributed by atoms with E-state index >= 15 is 0 Å². The molecule has 1 saturated heterocycles. The molecule has 0 aromatic heterocycles. The third-order valence-corrected chi connectivity index (χ3v) is 2.78. The fraction of sp³-hybridized carbons (Fsp3) is 1.00. The lowest BCUT2D eigenvalue weighted by atomic mass is 10.1. The highest BCUT2D eigenvalue weighted by Crippen LogP contribution is 2.50. The van der Waals surface area contributed by atoms with Gasteiger partial charge in [0.1, 0.15) is 0 Å². The Morgan fingerprint density at radius 2 is 2.00 bits per heavy atom. The van der Waals surface area contributed by atoms with Crippen LogP contribution in [0.2, 0.25) is 0 Å². The summed E-state index contributed by atoms with van der Waals surface area (Å²) in [4.78, 5) is 2.45. The first-order valence-corrected chi connectivity index (χ1v) is 3.45. The molecule has 0 spiro atoms. The maximum Gasteiger partial charge on any atom is 0.0334 e. The van der Waals surface area contributed by atoms with Crippen LogP contribution in [0, 0.1) is 5.92 Å². The van der Waals surface area contributed by atoms with Crippen LogP contribution in [0.3, 0.4) is 0 Å². The van der Waals surface area contributed by atoms with E-state index in [1.165, 1.54) is 19.4 Å². The molecule has 1 heteroatoms. The Hall–Kier alpha value is -0.0400. The summed E-state index contributed by atoms with van der Waals surface area (Å²) in [6.45, 7) is 3.72. The van der Waals surface area contributed by atoms with Crippen LogP contribution in [0.1, 0.15) is 19.8 Å². The van der Waals surface area contributed by atoms with Crippen LogP contribution < -0.4 is 0 Å². The van der Waals surface area contributed by atoms with Gasteiger partial charge in [-0.05, 0) is 32.7 Å². The monoisotopic (exact) mass is 111 g/mol. The second kappa shape index (κ2) is 1.10. The van der Waals surface area contributed by atoms with Gasteiger partial charge in [0, 0.05) is 12.1 Å². The third-order valence-electron chi connectivity index (χ3n) is 2.78. The molecule has 2 rings (SSSR count). The van der Waals surface area contributed by atoms with E-state index in [1.54, 1.807) is 0 Å². The zero-order valence-electron chi connectivity index (χ0n) is 5.65. The molecule has 0 bridgehead atoms. The molecule has 0 radical (unpaired) electrons. The molecule has 2 unspecified atom stereocenters. The Morgan fingerprint density at radius 3 is 2.12 bits per heavy atom. The smallest absolute Gasteiger partial charge is 0.0334 e. The predicted octanol–water partition coefficient (Wildman–Crippen LogP) is 1.10. The minimum absolute atomic E-state index is 0.653. The average molecular weight is 111 g/mol. The Morgan fingerprint density at radius 1 is 1.50 bits per heavy atom. The Bertz CT molecular complexity index is 118. The van der Waals surface area contributed by atoms with Crippen molar-refractivity contribution in [2.75, 3.05) is 13.6 Å². The molecule has 1 aliphatic heterocycles. The summed E-state index contributed by atoms with van der Waals surface area (Å²) in [6, 6.07) is 0. The van der Waals surface area contributed by atoms with Crippen molar-refractivity contribution in [1.82, 2.24) is 4.90 Å². The molecule has 2 aliphatic rings. The molecule has 2 atom stereocenters. The molecule has 1 nitrogen and oxygen atoms in total. The van der Waals surface area contributed by atoms with E-state index in [2.05, 4.69) is 18.9 Å². The van der Waals surface area contributed by atoms with Gasteiger partial charge < -0.3 is 0 Å². The van der Waals surface area contributed by atoms with Crippen LogP contribution in [-0.4, -0.2) is 24.0 Å². The quantitative estimate of drug-likeness (QED) is 0.458. The second-order valence-electron chi connectivity index (χ2n) is 3.49. The Labute approximate surface area is 50.7 Å². The summed E-state index contributed by atoms with van der Waals surface area (Å²) >= 11 is 0. The van der Waals surface area contributed by atoms with E-state index in [4.69, 9.17) is 0 Å². The van der Waals surface area contributed by atoms with Gasteiger partial charge in [0.05, 0.1) is 0 Å². The highest BCUT2D eigenvalue weighted by atomic mass is 15.3. The molecular weight excluding hydrogens is 98.1 g/mol. The van der Waals surface area contributed by atoms with Crippen molar-refractivity contribution in [3.63, 3.8) is 0 Å². The summed E-state index contributed by atoms with van der Waals surface area (Å²) in [7, 11) is 2.22. The lowest BCUT2D eigenvalue weighted by molar-refractivity contribution is 0.448. The van der Waals surface area contributed by atoms with Crippen LogP contribution in [0.25, 0.3) is 0 Å². The van der Waals surface area contributed by atoms with Gasteiger partial charge in [0.15, 0.2) is 0 Å². The standard InChI is InChI=1S/C7H13N/c1-7(5-8(7)2)6-3-4-6/h6H,3-5H2,1-2H3. The second-order valence-corrected chi connectivity index (χ2v) is 3.49. The topological polar surface area (TPSA) is 3.01 Å². The summed E-state index contributed by atoms with van der Waals surface area (Å²) < 4.78 is 0. The van der Waals surface area contributed by atoms with Crippen LogP contribution in [-0.2, 0) is 0 Å². The zero-order valence-corrected chi connectivity index (χ0v) is 5.65. The minimum atomic E-state index is 0.653. The van der Waals surface area contributed by atoms with E-state index in [0.29, 0.717) is 5.54 Å². The van der Waals surface area contributed by atoms with Crippen molar-refractivity contribution in [2.45, 2.75) is 25.3 Å². The van der Waals surface area contributed by atoms with Crippen LogP contribution >= 0.6 is 0 Å². The molecule has 1 aliphatic carbocycles. The molecule has 1 saturated carbocycles. The zero-order chi connectivity index (χ0) is 5.78. The predicted molar refractivity (Wildman–Crippen MR) is 33.8 cm³/mol. The maximum atomic E-state index is 2.45. The van der Waals surface area contributed by atoms with Gasteiger partial charge in [-0.2, -0.15) is 0 Å². The van der Waals surface area contributed by atoms with Crippen LogP contribution in [0.4, 0.5) is 0 Å². The molecule has 0 N–H and O–H groups in total. The van der Waals surface area contributed by atoms with Crippen molar-refractivity contribution in [3.8, 4) is 0 Å². The van der Waals surface area contributed by atoms with E-state index < -0.39 is 0 Å². The third kappa shape index (κ3) is 0.455. The van der Waals surface area contributed by atoms with E-state index in [0.717, 1.165) is 5.92 Å². The highest BCUT2D eigenvalue weighted by molar-refractivity contribution is 5.10. The lowest BCUT2D eigenvalue weighted by Gasteiger charge is -2.04. The number of hydrogen-bond donors (Lipinski definition) is 0. The molecule has 0 aromatic rings. The minimum Gasteiger partial charge on any atom is -0.298 e. The molecule has 0 amide bonds. The van der Waals surface area contributed by atoms with E-state index in [1.807, 2.05) is 0 Å². The summed E-state index contributed by atoms with van der Waals surface area (Å²) in [5.74, 6) is 1.06. The fourth-order valence-electron chi connectivity index (χ4n) is 1.59. The largest absolute Gasteiger partial charge is 0.298 e. The normalized spacial score (nSPS) is 54.0. The number of rotatable bonds is 1. The molecule has 46 valence electrons. The summed E-state index contributed by atoms with van der Waals surface area (Å²) in [6.07, 6.45) is 2.97. The average Bonchev–Trinajstić information content (AvgIpc) is 2.44. The Kier molecular flexibility index (Phi) is 0.663. The van der Waals surface area contributed by atoms with Gasteiger partial charge >= 0.3 is 0 Å². The van der Waals surface area contributed by atoms with Crippen LogP contribution in [0.15, 0.2) is 0 Å². The molecule has 2 fully saturated rings. The molecule has 8 heavy (non-hydrogen) atoms. The van der Waals surface area contributed by atoms with Gasteiger partial charge in [-0.15, -0.1) is 0 Å². The molecule has 0 aromatic carbocycles. The fourth-order valence-corrected chi connectivity index (χ4v) is 1.59. The van der Waals surface area contributed by atoms with Crippen molar-refractivity contribution >= 4 is 0 Å². The van der Waals surface area contributed by atoms with Crippen molar-refractivity contribution in [2.24, 2.45) is 5.92 Å². The van der Waals surface area contributed by atoms with Crippen LogP contribution in [0.5, 0.6) is 0 Å². The van der Waals surface area contributed by atoms with Crippen molar-refractivity contribution < 1.29 is 0 Å². The SMILES string of the molecule is CN1CC1(C)C1CC1. The molecular formula is C7H13N. The Balaban J connectivity index is 2.04. The van der Waals surface area contributed by atoms with Gasteiger partial charge in [-0.3, -0.25) is 4.90 Å². The first-order chi connectivity index (χ1) is 3.73. The summed E-state index contributed by atoms with van der Waals surface area (Å²) in [5.41, 5.74) is 0.653. The number of likely N-dealkylation sites (N-methyl/N-ethyl adjacent to an activating group) is 1. The number of nitrogens with zero attached hydrogens (tertiary/aromatic N) is 1. The number of hydrogen-bond acceptors (Lipinski definition) is 1. The van der Waals surface area contributed by atoms with Gasteiger partial charge in [0.2, 0.25) is 0 Å². The van der Waals surface area contributed by atoms with Gasteiger partial charge in [-0.1, -0.05) is 0 Å². The van der Waals surface area contributed by atoms with E-state index in [-0.39, 0.29) is 0 Å². The summed E-state index contributed by atoms with van der Waals surface area (Å²) in [5, 5.41) is 0. The van der Waals surface area contributed by atoms with Crippen molar-refractivity contribution in [3.05, 3.63) is 0 Å². The first kappa shape index (κ1) is 4.80. The van der Waals surface area contributed by atoms with Crippen molar-refractivity contribution in [1.29, 1.82) is 0 Å². The maximum absolute atomic E-state index is 2.45. The lowest BCUT2D eigenvalue weighted by Crippen LogP contribution is -2.13. The van der Waals surface area contributed by atoms with Gasteiger partial charge in [-0.25, -0.2) is 0 Å². The highest BCUT2D eigenvalue weighted by Gasteiger charge is 2.54. The van der Waals surface area contributed by atoms with Gasteiger partial charge in [0.25, 0.3) is 0 Å². The molecule has 1 heterocycles. The first-order valence-electron chi connectivity index (χ1n) is 3.45. The van der Waals surface area contributed by atoms with E-state index in [9.17, 15) is 0 Å².